The Kier molecular flexibility index (Phi) is 6.95. The molecule has 104 valence electrons. The SMILES string of the molecule is CCCSc1ccc(Cl)cc1C(=O)CCCC(=O)O. The van der Waals surface area contributed by atoms with Gasteiger partial charge in [0.25, 0.3) is 0 Å². The van der Waals surface area contributed by atoms with Crippen LogP contribution in [-0.4, -0.2) is 22.6 Å². The molecule has 5 heteroatoms. The van der Waals surface area contributed by atoms with Gasteiger partial charge >= 0.3 is 5.97 Å². The second kappa shape index (κ2) is 8.23. The van der Waals surface area contributed by atoms with E-state index in [1.165, 1.54) is 0 Å². The number of carbonyl (C=O) groups is 2. The number of rotatable bonds is 8. The third-order valence-corrected chi connectivity index (χ3v) is 4.01. The number of carboxylic acids is 1. The van der Waals surface area contributed by atoms with Crippen molar-refractivity contribution in [3.05, 3.63) is 28.8 Å². The summed E-state index contributed by atoms with van der Waals surface area (Å²) in [5.41, 5.74) is 0.608. The van der Waals surface area contributed by atoms with E-state index in [1.807, 2.05) is 6.07 Å². The lowest BCUT2D eigenvalue weighted by Crippen LogP contribution is -2.03. The fourth-order valence-corrected chi connectivity index (χ4v) is 2.68. The van der Waals surface area contributed by atoms with E-state index in [2.05, 4.69) is 6.92 Å². The van der Waals surface area contributed by atoms with Crippen molar-refractivity contribution in [1.82, 2.24) is 0 Å². The molecule has 0 radical (unpaired) electrons. The van der Waals surface area contributed by atoms with Crippen molar-refractivity contribution in [3.8, 4) is 0 Å². The van der Waals surface area contributed by atoms with Gasteiger partial charge in [-0.1, -0.05) is 18.5 Å². The predicted octanol–water partition coefficient (Wildman–Crippen LogP) is 4.28. The summed E-state index contributed by atoms with van der Waals surface area (Å²) in [6.45, 7) is 2.08. The Hall–Kier alpha value is -1.00. The van der Waals surface area contributed by atoms with Crippen LogP contribution in [0, 0.1) is 0 Å². The smallest absolute Gasteiger partial charge is 0.303 e. The Morgan fingerprint density at radius 3 is 2.68 bits per heavy atom. The van der Waals surface area contributed by atoms with Gasteiger partial charge < -0.3 is 5.11 Å². The van der Waals surface area contributed by atoms with E-state index in [0.717, 1.165) is 17.1 Å². The Bertz CT molecular complexity index is 460. The standard InChI is InChI=1S/C14H17ClO3S/c1-2-8-19-13-7-6-10(15)9-11(13)12(16)4-3-5-14(17)18/h6-7,9H,2-5,8H2,1H3,(H,17,18). The Morgan fingerprint density at radius 1 is 1.32 bits per heavy atom. The number of benzene rings is 1. The maximum absolute atomic E-state index is 12.1. The second-order valence-electron chi connectivity index (χ2n) is 4.16. The molecule has 0 aromatic heterocycles. The molecule has 0 saturated carbocycles. The first kappa shape index (κ1) is 16.1. The maximum Gasteiger partial charge on any atom is 0.303 e. The summed E-state index contributed by atoms with van der Waals surface area (Å²) in [5.74, 6) is 0.0265. The Labute approximate surface area is 122 Å². The third kappa shape index (κ3) is 5.66. The molecule has 0 saturated heterocycles. The molecule has 0 spiro atoms. The van der Waals surface area contributed by atoms with Gasteiger partial charge in [0.05, 0.1) is 0 Å². The number of thioether (sulfide) groups is 1. The summed E-state index contributed by atoms with van der Waals surface area (Å²) in [5, 5.41) is 9.11. The first-order valence-electron chi connectivity index (χ1n) is 6.22. The summed E-state index contributed by atoms with van der Waals surface area (Å²) in [7, 11) is 0. The van der Waals surface area contributed by atoms with E-state index in [9.17, 15) is 9.59 Å². The van der Waals surface area contributed by atoms with Crippen LogP contribution in [0.5, 0.6) is 0 Å². The van der Waals surface area contributed by atoms with E-state index in [-0.39, 0.29) is 18.6 Å². The molecule has 1 aromatic rings. The van der Waals surface area contributed by atoms with Crippen LogP contribution in [0.2, 0.25) is 5.02 Å². The largest absolute Gasteiger partial charge is 0.481 e. The summed E-state index contributed by atoms with van der Waals surface area (Å²) < 4.78 is 0. The third-order valence-electron chi connectivity index (χ3n) is 2.50. The van der Waals surface area contributed by atoms with Crippen LogP contribution < -0.4 is 0 Å². The average Bonchev–Trinajstić information content (AvgIpc) is 2.36. The molecule has 1 N–H and O–H groups in total. The highest BCUT2D eigenvalue weighted by molar-refractivity contribution is 7.99. The quantitative estimate of drug-likeness (QED) is 0.575. The highest BCUT2D eigenvalue weighted by atomic mass is 35.5. The minimum atomic E-state index is -0.875. The van der Waals surface area contributed by atoms with Gasteiger partial charge in [-0.05, 0) is 36.8 Å². The zero-order chi connectivity index (χ0) is 14.3. The highest BCUT2D eigenvalue weighted by Gasteiger charge is 2.13. The molecule has 0 unspecified atom stereocenters. The topological polar surface area (TPSA) is 54.4 Å². The number of hydrogen-bond donors (Lipinski definition) is 1. The fraction of sp³-hybridized carbons (Fsp3) is 0.429. The number of hydrogen-bond acceptors (Lipinski definition) is 3. The summed E-state index contributed by atoms with van der Waals surface area (Å²) in [6.07, 6.45) is 1.65. The van der Waals surface area contributed by atoms with Crippen LogP contribution in [-0.2, 0) is 4.79 Å². The van der Waals surface area contributed by atoms with Gasteiger partial charge in [0, 0.05) is 28.3 Å². The van der Waals surface area contributed by atoms with E-state index in [1.54, 1.807) is 23.9 Å². The number of Topliss-reactive ketones (excluding diaryl/α,β-unsaturated/α-hetero) is 1. The number of ketones is 1. The molecule has 3 nitrogen and oxygen atoms in total. The van der Waals surface area contributed by atoms with Crippen LogP contribution in [0.1, 0.15) is 43.0 Å². The minimum absolute atomic E-state index is 0.0176. The van der Waals surface area contributed by atoms with Gasteiger partial charge in [-0.25, -0.2) is 0 Å². The van der Waals surface area contributed by atoms with Crippen molar-refractivity contribution in [2.45, 2.75) is 37.5 Å². The molecule has 19 heavy (non-hydrogen) atoms. The molecule has 0 atom stereocenters. The summed E-state index contributed by atoms with van der Waals surface area (Å²) in [6, 6.07) is 5.29. The van der Waals surface area contributed by atoms with Crippen LogP contribution in [0.4, 0.5) is 0 Å². The van der Waals surface area contributed by atoms with E-state index < -0.39 is 5.97 Å². The van der Waals surface area contributed by atoms with Crippen LogP contribution in [0.15, 0.2) is 23.1 Å². The molecule has 1 rings (SSSR count). The van der Waals surface area contributed by atoms with Gasteiger partial charge in [-0.3, -0.25) is 9.59 Å². The predicted molar refractivity (Wildman–Crippen MR) is 78.3 cm³/mol. The maximum atomic E-state index is 12.1. The first-order chi connectivity index (χ1) is 9.04. The number of carboxylic acid groups (broad SMARTS) is 1. The van der Waals surface area contributed by atoms with Gasteiger partial charge in [0.1, 0.15) is 0 Å². The van der Waals surface area contributed by atoms with Crippen LogP contribution >= 0.6 is 23.4 Å². The minimum Gasteiger partial charge on any atom is -0.481 e. The van der Waals surface area contributed by atoms with Gasteiger partial charge in [-0.2, -0.15) is 0 Å². The molecule has 0 amide bonds. The van der Waals surface area contributed by atoms with Gasteiger partial charge in [0.2, 0.25) is 0 Å². The average molecular weight is 301 g/mol. The van der Waals surface area contributed by atoms with Crippen molar-refractivity contribution >= 4 is 35.1 Å². The van der Waals surface area contributed by atoms with Crippen LogP contribution in [0.3, 0.4) is 0 Å². The summed E-state index contributed by atoms with van der Waals surface area (Å²) >= 11 is 7.55. The summed E-state index contributed by atoms with van der Waals surface area (Å²) in [4.78, 5) is 23.5. The van der Waals surface area contributed by atoms with Crippen molar-refractivity contribution in [2.75, 3.05) is 5.75 Å². The molecule has 0 bridgehead atoms. The molecular formula is C14H17ClO3S. The molecule has 1 aromatic carbocycles. The molecule has 0 heterocycles. The van der Waals surface area contributed by atoms with E-state index >= 15 is 0 Å². The number of aliphatic carboxylic acids is 1. The Balaban J connectivity index is 2.75. The second-order valence-corrected chi connectivity index (χ2v) is 5.73. The van der Waals surface area contributed by atoms with E-state index in [0.29, 0.717) is 17.0 Å². The zero-order valence-electron chi connectivity index (χ0n) is 10.8. The van der Waals surface area contributed by atoms with Crippen molar-refractivity contribution in [1.29, 1.82) is 0 Å². The lowest BCUT2D eigenvalue weighted by Gasteiger charge is -2.08. The fourth-order valence-electron chi connectivity index (χ4n) is 1.59. The van der Waals surface area contributed by atoms with Crippen LogP contribution in [0.25, 0.3) is 0 Å². The Morgan fingerprint density at radius 2 is 2.05 bits per heavy atom. The monoisotopic (exact) mass is 300 g/mol. The van der Waals surface area contributed by atoms with Gasteiger partial charge in [-0.15, -0.1) is 11.8 Å². The lowest BCUT2D eigenvalue weighted by atomic mass is 10.1. The normalized spacial score (nSPS) is 10.4. The number of halogens is 1. The van der Waals surface area contributed by atoms with Gasteiger partial charge in [0.15, 0.2) is 5.78 Å². The highest BCUT2D eigenvalue weighted by Crippen LogP contribution is 2.27. The van der Waals surface area contributed by atoms with Crippen molar-refractivity contribution in [2.24, 2.45) is 0 Å². The molecule has 0 aliphatic heterocycles. The van der Waals surface area contributed by atoms with Crippen molar-refractivity contribution < 1.29 is 14.7 Å². The molecule has 0 fully saturated rings. The van der Waals surface area contributed by atoms with Crippen molar-refractivity contribution in [3.63, 3.8) is 0 Å². The molecule has 0 aliphatic carbocycles. The van der Waals surface area contributed by atoms with E-state index in [4.69, 9.17) is 16.7 Å². The number of carbonyl (C=O) groups excluding carboxylic acids is 1. The first-order valence-corrected chi connectivity index (χ1v) is 7.58. The lowest BCUT2D eigenvalue weighted by molar-refractivity contribution is -0.137. The molecular weight excluding hydrogens is 284 g/mol. The zero-order valence-corrected chi connectivity index (χ0v) is 12.4. The molecule has 0 aliphatic rings.